The number of carbonyl (C=O) groups excluding carboxylic acids is 2. The van der Waals surface area contributed by atoms with Crippen LogP contribution >= 0.6 is 0 Å². The zero-order valence-corrected chi connectivity index (χ0v) is 9.63. The zero-order valence-electron chi connectivity index (χ0n) is 9.63. The Hall–Kier alpha value is -1.06. The molecule has 1 saturated carbocycles. The molecule has 1 fully saturated rings. The van der Waals surface area contributed by atoms with Crippen LogP contribution in [-0.4, -0.2) is 17.5 Å². The van der Waals surface area contributed by atoms with Crippen molar-refractivity contribution in [1.82, 2.24) is 0 Å². The number of primary amides is 1. The van der Waals surface area contributed by atoms with Crippen LogP contribution in [0.1, 0.15) is 46.5 Å². The zero-order chi connectivity index (χ0) is 11.7. The predicted molar refractivity (Wildman–Crippen MR) is 56.3 cm³/mol. The van der Waals surface area contributed by atoms with E-state index in [1.165, 1.54) is 0 Å². The van der Waals surface area contributed by atoms with Gasteiger partial charge in [0.25, 0.3) is 0 Å². The van der Waals surface area contributed by atoms with E-state index in [1.54, 1.807) is 0 Å². The maximum Gasteiger partial charge on any atom is 0.405 e. The van der Waals surface area contributed by atoms with Gasteiger partial charge in [0.1, 0.15) is 11.4 Å². The van der Waals surface area contributed by atoms with Gasteiger partial charge in [-0.05, 0) is 12.8 Å². The second-order valence-electron chi connectivity index (χ2n) is 5.20. The summed E-state index contributed by atoms with van der Waals surface area (Å²) in [6.07, 6.45) is 1.37. The van der Waals surface area contributed by atoms with Crippen molar-refractivity contribution in [3.63, 3.8) is 0 Å². The fraction of sp³-hybridized carbons (Fsp3) is 0.818. The molecule has 1 rings (SSSR count). The van der Waals surface area contributed by atoms with Gasteiger partial charge in [-0.3, -0.25) is 4.79 Å². The Balaban J connectivity index is 2.87. The van der Waals surface area contributed by atoms with E-state index in [9.17, 15) is 9.59 Å². The Morgan fingerprint density at radius 1 is 1.33 bits per heavy atom. The molecule has 86 valence electrons. The molecular weight excluding hydrogens is 194 g/mol. The lowest BCUT2D eigenvalue weighted by Gasteiger charge is -2.45. The third-order valence-electron chi connectivity index (χ3n) is 3.28. The van der Waals surface area contributed by atoms with Crippen molar-refractivity contribution in [2.75, 3.05) is 0 Å². The normalized spacial score (nSPS) is 21.1. The smallest absolute Gasteiger partial charge is 0.405 e. The predicted octanol–water partition coefficient (Wildman–Crippen LogP) is 2.01. The van der Waals surface area contributed by atoms with E-state index in [0.717, 1.165) is 0 Å². The van der Waals surface area contributed by atoms with Gasteiger partial charge in [-0.2, -0.15) is 0 Å². The second kappa shape index (κ2) is 3.83. The number of carbonyl (C=O) groups is 2. The Kier molecular flexibility index (Phi) is 3.07. The van der Waals surface area contributed by atoms with Crippen LogP contribution in [0, 0.1) is 5.41 Å². The molecule has 0 radical (unpaired) electrons. The summed E-state index contributed by atoms with van der Waals surface area (Å²) in [5, 5.41) is 0. The van der Waals surface area contributed by atoms with Crippen molar-refractivity contribution in [2.24, 2.45) is 11.1 Å². The van der Waals surface area contributed by atoms with Crippen LogP contribution in [0.15, 0.2) is 0 Å². The van der Waals surface area contributed by atoms with Crippen molar-refractivity contribution < 1.29 is 14.3 Å². The van der Waals surface area contributed by atoms with Crippen molar-refractivity contribution in [3.8, 4) is 0 Å². The summed E-state index contributed by atoms with van der Waals surface area (Å²) in [5.74, 6) is 0.239. The molecule has 1 aliphatic rings. The van der Waals surface area contributed by atoms with E-state index in [4.69, 9.17) is 10.5 Å². The first-order valence-corrected chi connectivity index (χ1v) is 5.27. The van der Waals surface area contributed by atoms with E-state index < -0.39 is 11.7 Å². The maximum atomic E-state index is 11.2. The van der Waals surface area contributed by atoms with Crippen LogP contribution in [0.4, 0.5) is 4.79 Å². The number of amides is 1. The average molecular weight is 213 g/mol. The Labute approximate surface area is 90.2 Å². The molecular formula is C11H19NO3. The number of hydrogen-bond donors (Lipinski definition) is 1. The standard InChI is InChI=1S/C11H19NO3/c1-10(2,3)11(15-9(12)14)6-4-8(13)5-7-11/h4-7H2,1-3H3,(H2,12,14). The summed E-state index contributed by atoms with van der Waals surface area (Å²) in [4.78, 5) is 22.1. The number of ether oxygens (including phenoxy) is 1. The number of ketones is 1. The quantitative estimate of drug-likeness (QED) is 0.724. The van der Waals surface area contributed by atoms with Crippen LogP contribution in [0.3, 0.4) is 0 Å². The molecule has 2 N–H and O–H groups in total. The topological polar surface area (TPSA) is 69.4 Å². The van der Waals surface area contributed by atoms with Gasteiger partial charge in [0, 0.05) is 18.3 Å². The largest absolute Gasteiger partial charge is 0.443 e. The van der Waals surface area contributed by atoms with E-state index >= 15 is 0 Å². The van der Waals surface area contributed by atoms with Crippen LogP contribution in [0.2, 0.25) is 0 Å². The average Bonchev–Trinajstić information content (AvgIpc) is 2.06. The van der Waals surface area contributed by atoms with Crippen LogP contribution in [0.25, 0.3) is 0 Å². The van der Waals surface area contributed by atoms with Gasteiger partial charge in [0.15, 0.2) is 0 Å². The van der Waals surface area contributed by atoms with Crippen molar-refractivity contribution in [1.29, 1.82) is 0 Å². The van der Waals surface area contributed by atoms with Gasteiger partial charge in [-0.25, -0.2) is 4.79 Å². The Morgan fingerprint density at radius 3 is 2.13 bits per heavy atom. The first-order chi connectivity index (χ1) is 6.77. The molecule has 0 aromatic heterocycles. The molecule has 0 unspecified atom stereocenters. The van der Waals surface area contributed by atoms with Gasteiger partial charge in [-0.1, -0.05) is 20.8 Å². The molecule has 1 aliphatic carbocycles. The van der Waals surface area contributed by atoms with Crippen LogP contribution in [0.5, 0.6) is 0 Å². The lowest BCUT2D eigenvalue weighted by atomic mass is 9.68. The van der Waals surface area contributed by atoms with Crippen LogP contribution < -0.4 is 5.73 Å². The SMILES string of the molecule is CC(C)(C)C1(OC(N)=O)CCC(=O)CC1. The monoisotopic (exact) mass is 213 g/mol. The summed E-state index contributed by atoms with van der Waals surface area (Å²) >= 11 is 0. The lowest BCUT2D eigenvalue weighted by Crippen LogP contribution is -2.50. The summed E-state index contributed by atoms with van der Waals surface area (Å²) in [7, 11) is 0. The molecule has 0 spiro atoms. The van der Waals surface area contributed by atoms with Gasteiger partial charge in [-0.15, -0.1) is 0 Å². The summed E-state index contributed by atoms with van der Waals surface area (Å²) in [5.41, 5.74) is 4.33. The van der Waals surface area contributed by atoms with Gasteiger partial charge in [0.2, 0.25) is 0 Å². The van der Waals surface area contributed by atoms with Crippen molar-refractivity contribution in [3.05, 3.63) is 0 Å². The van der Waals surface area contributed by atoms with Gasteiger partial charge < -0.3 is 10.5 Å². The molecule has 4 nitrogen and oxygen atoms in total. The Bertz CT molecular complexity index is 268. The third-order valence-corrected chi connectivity index (χ3v) is 3.28. The molecule has 0 atom stereocenters. The van der Waals surface area contributed by atoms with E-state index in [2.05, 4.69) is 0 Å². The molecule has 15 heavy (non-hydrogen) atoms. The van der Waals surface area contributed by atoms with Crippen LogP contribution in [-0.2, 0) is 9.53 Å². The fourth-order valence-corrected chi connectivity index (χ4v) is 2.13. The Morgan fingerprint density at radius 2 is 1.80 bits per heavy atom. The minimum absolute atomic E-state index is 0.192. The van der Waals surface area contributed by atoms with Gasteiger partial charge >= 0.3 is 6.09 Å². The summed E-state index contributed by atoms with van der Waals surface area (Å²) in [6.45, 7) is 6.02. The number of Topliss-reactive ketones (excluding diaryl/α,β-unsaturated/α-hetero) is 1. The molecule has 0 saturated heterocycles. The van der Waals surface area contributed by atoms with E-state index in [1.807, 2.05) is 20.8 Å². The molecule has 0 bridgehead atoms. The number of nitrogens with two attached hydrogens (primary N) is 1. The van der Waals surface area contributed by atoms with Crippen molar-refractivity contribution in [2.45, 2.75) is 52.1 Å². The molecule has 0 heterocycles. The highest BCUT2D eigenvalue weighted by molar-refractivity contribution is 5.79. The van der Waals surface area contributed by atoms with E-state index in [0.29, 0.717) is 25.7 Å². The first kappa shape index (κ1) is 12.0. The molecule has 4 heteroatoms. The minimum Gasteiger partial charge on any atom is -0.443 e. The molecule has 0 aromatic rings. The van der Waals surface area contributed by atoms with E-state index in [-0.39, 0.29) is 11.2 Å². The highest BCUT2D eigenvalue weighted by Gasteiger charge is 2.47. The third kappa shape index (κ3) is 2.49. The van der Waals surface area contributed by atoms with Gasteiger partial charge in [0.05, 0.1) is 0 Å². The number of rotatable bonds is 1. The second-order valence-corrected chi connectivity index (χ2v) is 5.20. The highest BCUT2D eigenvalue weighted by Crippen LogP contribution is 2.43. The number of hydrogen-bond acceptors (Lipinski definition) is 3. The fourth-order valence-electron chi connectivity index (χ4n) is 2.13. The highest BCUT2D eigenvalue weighted by atomic mass is 16.6. The molecule has 0 aromatic carbocycles. The minimum atomic E-state index is -0.751. The lowest BCUT2D eigenvalue weighted by molar-refractivity contribution is -0.133. The maximum absolute atomic E-state index is 11.2. The van der Waals surface area contributed by atoms with Crippen molar-refractivity contribution >= 4 is 11.9 Å². The first-order valence-electron chi connectivity index (χ1n) is 5.27. The summed E-state index contributed by atoms with van der Waals surface area (Å²) < 4.78 is 5.28. The summed E-state index contributed by atoms with van der Waals surface area (Å²) in [6, 6.07) is 0. The molecule has 0 aliphatic heterocycles. The molecule has 1 amide bonds.